The Bertz CT molecular complexity index is 1190. The molecule has 146 valence electrons. The summed E-state index contributed by atoms with van der Waals surface area (Å²) in [6.07, 6.45) is 2.03. The number of hydrogen-bond donors (Lipinski definition) is 1. The molecule has 5 nitrogen and oxygen atoms in total. The minimum Gasteiger partial charge on any atom is -0.486 e. The Morgan fingerprint density at radius 1 is 0.862 bits per heavy atom. The zero-order valence-electron chi connectivity index (χ0n) is 15.9. The Kier molecular flexibility index (Phi) is 4.56. The quantitative estimate of drug-likeness (QED) is 0.504. The maximum atomic E-state index is 12.4. The molecule has 29 heavy (non-hydrogen) atoms. The van der Waals surface area contributed by atoms with E-state index in [2.05, 4.69) is 5.32 Å². The van der Waals surface area contributed by atoms with Gasteiger partial charge in [0.1, 0.15) is 24.4 Å². The van der Waals surface area contributed by atoms with Crippen LogP contribution in [0.3, 0.4) is 0 Å². The van der Waals surface area contributed by atoms with Crippen LogP contribution < -0.4 is 14.8 Å². The number of nitrogens with one attached hydrogen (secondary N) is 1. The van der Waals surface area contributed by atoms with E-state index in [1.807, 2.05) is 60.7 Å². The summed E-state index contributed by atoms with van der Waals surface area (Å²) in [7, 11) is 0. The Labute approximate surface area is 168 Å². The van der Waals surface area contributed by atoms with Gasteiger partial charge in [-0.2, -0.15) is 0 Å². The van der Waals surface area contributed by atoms with E-state index in [-0.39, 0.29) is 5.91 Å². The van der Waals surface area contributed by atoms with E-state index < -0.39 is 0 Å². The van der Waals surface area contributed by atoms with Crippen LogP contribution in [0.4, 0.5) is 5.69 Å². The molecular weight excluding hydrogens is 366 g/mol. The Morgan fingerprint density at radius 2 is 1.69 bits per heavy atom. The molecule has 1 aliphatic rings. The number of hydrogen-bond acceptors (Lipinski definition) is 4. The van der Waals surface area contributed by atoms with Crippen LogP contribution in [0.2, 0.25) is 0 Å². The first-order valence-electron chi connectivity index (χ1n) is 9.86. The van der Waals surface area contributed by atoms with Gasteiger partial charge in [0.05, 0.1) is 0 Å². The number of benzene rings is 3. The smallest absolute Gasteiger partial charge is 0.224 e. The van der Waals surface area contributed by atoms with Crippen LogP contribution in [0, 0.1) is 0 Å². The third kappa shape index (κ3) is 3.63. The minimum atomic E-state index is -0.00185. The number of carbonyl (C=O) groups is 1. The number of anilines is 1. The van der Waals surface area contributed by atoms with Gasteiger partial charge >= 0.3 is 0 Å². The lowest BCUT2D eigenvalue weighted by atomic mass is 10.1. The van der Waals surface area contributed by atoms with E-state index in [4.69, 9.17) is 13.9 Å². The van der Waals surface area contributed by atoms with Gasteiger partial charge in [-0.3, -0.25) is 4.79 Å². The summed E-state index contributed by atoms with van der Waals surface area (Å²) in [5.74, 6) is 1.58. The van der Waals surface area contributed by atoms with E-state index in [0.29, 0.717) is 19.6 Å². The van der Waals surface area contributed by atoms with Gasteiger partial charge in [0.2, 0.25) is 5.91 Å². The lowest BCUT2D eigenvalue weighted by Crippen LogP contribution is -2.15. The highest BCUT2D eigenvalue weighted by molar-refractivity contribution is 6.06. The normalized spacial score (nSPS) is 13.0. The molecule has 0 radical (unpaired) electrons. The summed E-state index contributed by atoms with van der Waals surface area (Å²) >= 11 is 0. The number of para-hydroxylation sites is 1. The number of ether oxygens (including phenoxy) is 2. The van der Waals surface area contributed by atoms with Crippen molar-refractivity contribution < 1.29 is 18.7 Å². The fraction of sp³-hybridized carbons (Fsp3) is 0.208. The number of rotatable bonds is 5. The molecule has 0 bridgehead atoms. The van der Waals surface area contributed by atoms with Crippen molar-refractivity contribution in [2.75, 3.05) is 18.5 Å². The first kappa shape index (κ1) is 17.6. The van der Waals surface area contributed by atoms with Gasteiger partial charge in [0, 0.05) is 28.9 Å². The molecule has 1 amide bonds. The molecule has 0 spiro atoms. The first-order valence-corrected chi connectivity index (χ1v) is 9.86. The molecule has 0 saturated heterocycles. The monoisotopic (exact) mass is 387 g/mol. The average Bonchev–Trinajstić information content (AvgIpc) is 3.11. The topological polar surface area (TPSA) is 60.7 Å². The molecule has 4 aromatic rings. The highest BCUT2D eigenvalue weighted by atomic mass is 16.6. The molecule has 5 rings (SSSR count). The average molecular weight is 387 g/mol. The molecule has 0 unspecified atom stereocenters. The Balaban J connectivity index is 1.20. The van der Waals surface area contributed by atoms with Crippen LogP contribution in [0.15, 0.2) is 65.1 Å². The van der Waals surface area contributed by atoms with Gasteiger partial charge in [-0.05, 0) is 48.7 Å². The third-order valence-corrected chi connectivity index (χ3v) is 5.14. The van der Waals surface area contributed by atoms with Gasteiger partial charge in [0.25, 0.3) is 0 Å². The van der Waals surface area contributed by atoms with Gasteiger partial charge in [0.15, 0.2) is 11.5 Å². The number of fused-ring (bicyclic) bond motifs is 4. The SMILES string of the molecule is O=C(CCCc1ccc2c(c1)OCCO2)Nc1ccc2c(c1)oc1ccccc12. The van der Waals surface area contributed by atoms with E-state index >= 15 is 0 Å². The standard InChI is InChI=1S/C24H21NO4/c26-24(7-3-4-16-8-11-21-23(14-16)28-13-12-27-21)25-17-9-10-19-18-5-1-2-6-20(18)29-22(19)15-17/h1-2,5-6,8-11,14-15H,3-4,7,12-13H2,(H,25,26). The van der Waals surface area contributed by atoms with E-state index in [1.54, 1.807) is 0 Å². The summed E-state index contributed by atoms with van der Waals surface area (Å²) in [6.45, 7) is 1.17. The predicted molar refractivity (Wildman–Crippen MR) is 113 cm³/mol. The van der Waals surface area contributed by atoms with Crippen LogP contribution in [0.25, 0.3) is 21.9 Å². The molecule has 0 fully saturated rings. The van der Waals surface area contributed by atoms with E-state index in [1.165, 1.54) is 0 Å². The van der Waals surface area contributed by atoms with Gasteiger partial charge in [-0.25, -0.2) is 0 Å². The van der Waals surface area contributed by atoms with Crippen LogP contribution in [-0.2, 0) is 11.2 Å². The molecule has 0 atom stereocenters. The maximum Gasteiger partial charge on any atom is 0.224 e. The predicted octanol–water partition coefficient (Wildman–Crippen LogP) is 5.32. The van der Waals surface area contributed by atoms with Crippen molar-refractivity contribution in [3.63, 3.8) is 0 Å². The minimum absolute atomic E-state index is 0.00185. The third-order valence-electron chi connectivity index (χ3n) is 5.14. The molecule has 0 saturated carbocycles. The van der Waals surface area contributed by atoms with Crippen LogP contribution in [0.1, 0.15) is 18.4 Å². The van der Waals surface area contributed by atoms with Crippen molar-refractivity contribution in [2.45, 2.75) is 19.3 Å². The second kappa shape index (κ2) is 7.51. The zero-order chi connectivity index (χ0) is 19.6. The lowest BCUT2D eigenvalue weighted by molar-refractivity contribution is -0.116. The molecule has 0 aliphatic carbocycles. The molecule has 1 aromatic heterocycles. The maximum absolute atomic E-state index is 12.4. The molecule has 1 aliphatic heterocycles. The van der Waals surface area contributed by atoms with Crippen molar-refractivity contribution in [2.24, 2.45) is 0 Å². The highest BCUT2D eigenvalue weighted by Crippen LogP contribution is 2.32. The fourth-order valence-corrected chi connectivity index (χ4v) is 3.72. The highest BCUT2D eigenvalue weighted by Gasteiger charge is 2.12. The van der Waals surface area contributed by atoms with Gasteiger partial charge in [-0.1, -0.05) is 24.3 Å². The summed E-state index contributed by atoms with van der Waals surface area (Å²) < 4.78 is 17.0. The van der Waals surface area contributed by atoms with Crippen LogP contribution >= 0.6 is 0 Å². The van der Waals surface area contributed by atoms with Crippen molar-refractivity contribution in [3.05, 3.63) is 66.2 Å². The van der Waals surface area contributed by atoms with Crippen molar-refractivity contribution in [1.29, 1.82) is 0 Å². The van der Waals surface area contributed by atoms with Crippen molar-refractivity contribution >= 4 is 33.5 Å². The number of carbonyl (C=O) groups excluding carboxylic acids is 1. The van der Waals surface area contributed by atoms with E-state index in [9.17, 15) is 4.79 Å². The van der Waals surface area contributed by atoms with Crippen LogP contribution in [0.5, 0.6) is 11.5 Å². The molecule has 1 N–H and O–H groups in total. The summed E-state index contributed by atoms with van der Waals surface area (Å²) in [6, 6.07) is 19.7. The summed E-state index contributed by atoms with van der Waals surface area (Å²) in [5, 5.41) is 5.11. The van der Waals surface area contributed by atoms with Crippen molar-refractivity contribution in [3.8, 4) is 11.5 Å². The number of amides is 1. The Hall–Kier alpha value is -3.47. The second-order valence-electron chi connectivity index (χ2n) is 7.19. The number of furan rings is 1. The first-order chi connectivity index (χ1) is 14.3. The number of aryl methyl sites for hydroxylation is 1. The summed E-state index contributed by atoms with van der Waals surface area (Å²) in [5.41, 5.74) is 3.53. The zero-order valence-corrected chi connectivity index (χ0v) is 15.9. The van der Waals surface area contributed by atoms with E-state index in [0.717, 1.165) is 57.5 Å². The molecular formula is C24H21NO4. The molecule has 5 heteroatoms. The largest absolute Gasteiger partial charge is 0.486 e. The second-order valence-corrected chi connectivity index (χ2v) is 7.19. The fourth-order valence-electron chi connectivity index (χ4n) is 3.72. The van der Waals surface area contributed by atoms with Gasteiger partial charge < -0.3 is 19.2 Å². The lowest BCUT2D eigenvalue weighted by Gasteiger charge is -2.18. The molecule has 2 heterocycles. The van der Waals surface area contributed by atoms with Crippen molar-refractivity contribution in [1.82, 2.24) is 0 Å². The summed E-state index contributed by atoms with van der Waals surface area (Å²) in [4.78, 5) is 12.4. The Morgan fingerprint density at radius 3 is 2.62 bits per heavy atom. The molecule has 3 aromatic carbocycles. The van der Waals surface area contributed by atoms with Gasteiger partial charge in [-0.15, -0.1) is 0 Å². The van der Waals surface area contributed by atoms with Crippen LogP contribution in [-0.4, -0.2) is 19.1 Å².